The number of carbonyl (C=O) groups is 2. The second-order valence-corrected chi connectivity index (χ2v) is 11.5. The van der Waals surface area contributed by atoms with Gasteiger partial charge in [0, 0.05) is 43.9 Å². The van der Waals surface area contributed by atoms with Gasteiger partial charge in [-0.1, -0.05) is 60.7 Å². The van der Waals surface area contributed by atoms with Crippen LogP contribution in [0.25, 0.3) is 0 Å². The second-order valence-electron chi connectivity index (χ2n) is 11.5. The monoisotopic (exact) mass is 527 g/mol. The fourth-order valence-corrected chi connectivity index (χ4v) is 6.84. The van der Waals surface area contributed by atoms with Crippen LogP contribution in [-0.4, -0.2) is 39.0 Å². The number of hydrogen-bond acceptors (Lipinski definition) is 4. The number of imidazole rings is 1. The number of nitrogens with zero attached hydrogens (tertiary/aromatic N) is 3. The minimum atomic E-state index is -0.0854. The van der Waals surface area contributed by atoms with Crippen LogP contribution >= 0.6 is 0 Å². The highest BCUT2D eigenvalue weighted by Gasteiger charge is 2.37. The number of hydrogen-bond donors (Lipinski definition) is 0. The van der Waals surface area contributed by atoms with Gasteiger partial charge in [0.25, 0.3) is 0 Å². The molecule has 1 saturated carbocycles. The van der Waals surface area contributed by atoms with Gasteiger partial charge in [0.1, 0.15) is 0 Å². The van der Waals surface area contributed by atoms with Crippen molar-refractivity contribution in [3.8, 4) is 0 Å². The van der Waals surface area contributed by atoms with E-state index in [1.165, 1.54) is 16.8 Å². The van der Waals surface area contributed by atoms with Crippen LogP contribution in [0.15, 0.2) is 73.2 Å². The lowest BCUT2D eigenvalue weighted by atomic mass is 9.70. The number of aromatic nitrogens is 2. The third-order valence-corrected chi connectivity index (χ3v) is 8.51. The van der Waals surface area contributed by atoms with Crippen molar-refractivity contribution >= 4 is 11.9 Å². The van der Waals surface area contributed by atoms with Gasteiger partial charge in [-0.3, -0.25) is 9.59 Å². The van der Waals surface area contributed by atoms with E-state index in [-0.39, 0.29) is 17.9 Å². The quantitative estimate of drug-likeness (QED) is 0.285. The molecule has 2 fully saturated rings. The van der Waals surface area contributed by atoms with Gasteiger partial charge in [-0.2, -0.15) is 0 Å². The number of benzene rings is 2. The van der Waals surface area contributed by atoms with E-state index in [1.54, 1.807) is 0 Å². The summed E-state index contributed by atoms with van der Waals surface area (Å²) in [5.41, 5.74) is 3.70. The van der Waals surface area contributed by atoms with Crippen LogP contribution in [0.4, 0.5) is 0 Å². The molecule has 6 heteroatoms. The van der Waals surface area contributed by atoms with Crippen molar-refractivity contribution in [1.82, 2.24) is 14.5 Å². The molecule has 206 valence electrons. The lowest BCUT2D eigenvalue weighted by molar-refractivity contribution is -0.144. The van der Waals surface area contributed by atoms with Gasteiger partial charge in [0.2, 0.25) is 5.91 Å². The number of rotatable bonds is 11. The number of esters is 1. The van der Waals surface area contributed by atoms with E-state index in [9.17, 15) is 9.59 Å². The highest BCUT2D eigenvalue weighted by atomic mass is 16.5. The smallest absolute Gasteiger partial charge is 0.306 e. The van der Waals surface area contributed by atoms with E-state index in [2.05, 4.69) is 50.8 Å². The van der Waals surface area contributed by atoms with Crippen molar-refractivity contribution in [1.29, 1.82) is 0 Å². The van der Waals surface area contributed by atoms with Crippen LogP contribution in [0, 0.1) is 17.8 Å². The predicted octanol–water partition coefficient (Wildman–Crippen LogP) is 6.04. The zero-order valence-corrected chi connectivity index (χ0v) is 23.1. The fourth-order valence-electron chi connectivity index (χ4n) is 6.84. The van der Waals surface area contributed by atoms with Crippen molar-refractivity contribution in [2.75, 3.05) is 6.61 Å². The Kier molecular flexibility index (Phi) is 9.12. The molecule has 0 unspecified atom stereocenters. The lowest BCUT2D eigenvalue weighted by Crippen LogP contribution is -2.36. The molecule has 6 nitrogen and oxygen atoms in total. The van der Waals surface area contributed by atoms with E-state index < -0.39 is 0 Å². The maximum Gasteiger partial charge on any atom is 0.306 e. The summed E-state index contributed by atoms with van der Waals surface area (Å²) >= 11 is 0. The summed E-state index contributed by atoms with van der Waals surface area (Å²) in [6.45, 7) is 3.80. The molecular formula is C33H41N3O3. The Hall–Kier alpha value is -3.41. The highest BCUT2D eigenvalue weighted by Crippen LogP contribution is 2.41. The van der Waals surface area contributed by atoms with E-state index in [0.29, 0.717) is 43.7 Å². The summed E-state index contributed by atoms with van der Waals surface area (Å²) in [4.78, 5) is 31.9. The zero-order valence-electron chi connectivity index (χ0n) is 23.1. The molecule has 2 aromatic carbocycles. The van der Waals surface area contributed by atoms with Gasteiger partial charge in [-0.05, 0) is 74.3 Å². The minimum absolute atomic E-state index is 0.0854. The molecule has 39 heavy (non-hydrogen) atoms. The molecule has 0 N–H and O–H groups in total. The standard InChI is InChI=1S/C33H41N3O3/c1-2-39-33(38)20-29-16-27(18-30-13-14-32(37)36(30)23-26-11-7-4-8-12-26)15-28(17-29)19-31-21-34-24-35(31)22-25-9-5-3-6-10-25/h3-12,21,24,27-30H,2,13-20,22-23H2,1H3/t27-,28+,29-,30-/m0/s1. The number of likely N-dealkylation sites (tertiary alicyclic amines) is 1. The van der Waals surface area contributed by atoms with Gasteiger partial charge < -0.3 is 14.2 Å². The first-order valence-corrected chi connectivity index (χ1v) is 14.6. The van der Waals surface area contributed by atoms with Crippen LogP contribution in [0.1, 0.15) is 68.7 Å². The zero-order chi connectivity index (χ0) is 27.0. The van der Waals surface area contributed by atoms with Gasteiger partial charge in [-0.25, -0.2) is 4.98 Å². The van der Waals surface area contributed by atoms with Crippen LogP contribution in [0.3, 0.4) is 0 Å². The van der Waals surface area contributed by atoms with Gasteiger partial charge in [-0.15, -0.1) is 0 Å². The summed E-state index contributed by atoms with van der Waals surface area (Å²) < 4.78 is 7.59. The maximum atomic E-state index is 12.8. The number of ether oxygens (including phenoxy) is 1. The van der Waals surface area contributed by atoms with E-state index >= 15 is 0 Å². The summed E-state index contributed by atoms with van der Waals surface area (Å²) in [7, 11) is 0. The molecule has 3 aromatic rings. The largest absolute Gasteiger partial charge is 0.466 e. The van der Waals surface area contributed by atoms with Crippen molar-refractivity contribution < 1.29 is 14.3 Å². The summed E-state index contributed by atoms with van der Waals surface area (Å²) in [5, 5.41) is 0. The van der Waals surface area contributed by atoms with Gasteiger partial charge >= 0.3 is 5.97 Å². The normalized spacial score (nSPS) is 23.2. The van der Waals surface area contributed by atoms with Crippen molar-refractivity contribution in [3.63, 3.8) is 0 Å². The first-order valence-electron chi connectivity index (χ1n) is 14.6. The predicted molar refractivity (Wildman–Crippen MR) is 152 cm³/mol. The maximum absolute atomic E-state index is 12.8. The molecular weight excluding hydrogens is 486 g/mol. The lowest BCUT2D eigenvalue weighted by Gasteiger charge is -2.37. The van der Waals surface area contributed by atoms with E-state index in [4.69, 9.17) is 4.74 Å². The van der Waals surface area contributed by atoms with Crippen molar-refractivity contribution in [2.24, 2.45) is 17.8 Å². The van der Waals surface area contributed by atoms with Crippen LogP contribution in [0.5, 0.6) is 0 Å². The molecule has 0 radical (unpaired) electrons. The molecule has 1 aliphatic carbocycles. The molecule has 1 amide bonds. The minimum Gasteiger partial charge on any atom is -0.466 e. The topological polar surface area (TPSA) is 64.4 Å². The first-order chi connectivity index (χ1) is 19.1. The third kappa shape index (κ3) is 7.37. The first kappa shape index (κ1) is 27.2. The SMILES string of the molecule is CCOC(=O)C[C@@H]1C[C@H](Cc2cncn2Cc2ccccc2)C[C@H](C[C@@H]2CCC(=O)N2Cc2ccccc2)C1. The van der Waals surface area contributed by atoms with Gasteiger partial charge in [0.15, 0.2) is 0 Å². The van der Waals surface area contributed by atoms with Gasteiger partial charge in [0.05, 0.1) is 12.9 Å². The van der Waals surface area contributed by atoms with Crippen molar-refractivity contribution in [3.05, 3.63) is 90.0 Å². The number of carbonyl (C=O) groups excluding carboxylic acids is 2. The molecule has 1 saturated heterocycles. The summed E-state index contributed by atoms with van der Waals surface area (Å²) in [6, 6.07) is 21.1. The van der Waals surface area contributed by atoms with Crippen LogP contribution in [-0.2, 0) is 33.8 Å². The molecule has 2 heterocycles. The Morgan fingerprint density at radius 3 is 2.31 bits per heavy atom. The second kappa shape index (κ2) is 13.1. The van der Waals surface area contributed by atoms with Crippen molar-refractivity contribution in [2.45, 2.75) is 77.4 Å². The third-order valence-electron chi connectivity index (χ3n) is 8.51. The Morgan fingerprint density at radius 2 is 1.59 bits per heavy atom. The Morgan fingerprint density at radius 1 is 0.923 bits per heavy atom. The Balaban J connectivity index is 1.28. The molecule has 1 aliphatic heterocycles. The average molecular weight is 528 g/mol. The van der Waals surface area contributed by atoms with E-state index in [1.807, 2.05) is 43.7 Å². The summed E-state index contributed by atoms with van der Waals surface area (Å²) in [6.07, 6.45) is 11.1. The Labute approximate surface area is 232 Å². The van der Waals surface area contributed by atoms with Crippen LogP contribution < -0.4 is 0 Å². The average Bonchev–Trinajstić information content (AvgIpc) is 3.51. The Bertz CT molecular complexity index is 1210. The fraction of sp³-hybridized carbons (Fsp3) is 0.485. The molecule has 0 bridgehead atoms. The number of amides is 1. The van der Waals surface area contributed by atoms with Crippen LogP contribution in [0.2, 0.25) is 0 Å². The molecule has 0 spiro atoms. The molecule has 2 aliphatic rings. The molecule has 4 atom stereocenters. The highest BCUT2D eigenvalue weighted by molar-refractivity contribution is 5.78. The molecule has 1 aromatic heterocycles. The summed E-state index contributed by atoms with van der Waals surface area (Å²) in [5.74, 6) is 1.47. The van der Waals surface area contributed by atoms with E-state index in [0.717, 1.165) is 45.1 Å². The molecule has 5 rings (SSSR count).